The van der Waals surface area contributed by atoms with Gasteiger partial charge in [-0.3, -0.25) is 4.79 Å². The van der Waals surface area contributed by atoms with Crippen molar-refractivity contribution in [2.45, 2.75) is 12.7 Å². The van der Waals surface area contributed by atoms with Gasteiger partial charge in [-0.25, -0.2) is 4.79 Å². The number of anilines is 1. The van der Waals surface area contributed by atoms with Crippen LogP contribution in [0.15, 0.2) is 17.1 Å². The third-order valence-corrected chi connectivity index (χ3v) is 2.44. The number of nitrogens with one attached hydrogen (secondary N) is 3. The lowest BCUT2D eigenvalue weighted by atomic mass is 10.2. The van der Waals surface area contributed by atoms with E-state index in [9.17, 15) is 22.8 Å². The van der Waals surface area contributed by atoms with Crippen molar-refractivity contribution < 1.29 is 18.0 Å². The molecule has 2 amide bonds. The van der Waals surface area contributed by atoms with Crippen LogP contribution >= 0.6 is 0 Å². The molecule has 2 aromatic rings. The minimum atomic E-state index is -4.64. The molecule has 0 aliphatic rings. The number of hydrogen-bond donors (Lipinski definition) is 3. The van der Waals surface area contributed by atoms with Crippen LogP contribution in [0.2, 0.25) is 0 Å². The fourth-order valence-corrected chi connectivity index (χ4v) is 1.46. The molecule has 0 saturated heterocycles. The Kier molecular flexibility index (Phi) is 4.10. The molecule has 2 heterocycles. The number of nitrogens with zero attached hydrogens (tertiary/aromatic N) is 4. The quantitative estimate of drug-likeness (QED) is 0.749. The molecule has 0 aliphatic carbocycles. The molecule has 2 rings (SSSR count). The van der Waals surface area contributed by atoms with Gasteiger partial charge in [-0.15, -0.1) is 10.2 Å². The van der Waals surface area contributed by atoms with Crippen molar-refractivity contribution in [2.24, 2.45) is 7.05 Å². The van der Waals surface area contributed by atoms with E-state index in [1.165, 1.54) is 11.8 Å². The van der Waals surface area contributed by atoms with Gasteiger partial charge >= 0.3 is 12.2 Å². The van der Waals surface area contributed by atoms with Gasteiger partial charge in [-0.2, -0.15) is 18.0 Å². The summed E-state index contributed by atoms with van der Waals surface area (Å²) in [7, 11) is 1.53. The molecule has 12 heteroatoms. The molecule has 0 bridgehead atoms. The zero-order chi connectivity index (χ0) is 16.3. The van der Waals surface area contributed by atoms with Gasteiger partial charge in [0, 0.05) is 6.20 Å². The predicted octanol–water partition coefficient (Wildman–Crippen LogP) is 0.239. The lowest BCUT2D eigenvalue weighted by Gasteiger charge is -2.09. The summed E-state index contributed by atoms with van der Waals surface area (Å²) >= 11 is 0. The Bertz CT molecular complexity index is 737. The molecule has 0 aliphatic heterocycles. The Labute approximate surface area is 120 Å². The van der Waals surface area contributed by atoms with E-state index >= 15 is 0 Å². The number of aromatic amines is 1. The Hall–Kier alpha value is -2.92. The van der Waals surface area contributed by atoms with Crippen molar-refractivity contribution in [1.82, 2.24) is 30.5 Å². The van der Waals surface area contributed by atoms with Crippen molar-refractivity contribution in [3.8, 4) is 0 Å². The summed E-state index contributed by atoms with van der Waals surface area (Å²) in [4.78, 5) is 26.0. The molecule has 9 nitrogen and oxygen atoms in total. The Morgan fingerprint density at radius 2 is 2.18 bits per heavy atom. The minimum Gasteiger partial charge on any atom is -0.330 e. The Morgan fingerprint density at radius 3 is 2.77 bits per heavy atom. The molecule has 2 aromatic heterocycles. The first-order valence-electron chi connectivity index (χ1n) is 5.83. The summed E-state index contributed by atoms with van der Waals surface area (Å²) in [5.74, 6) is 0.204. The van der Waals surface area contributed by atoms with Crippen LogP contribution in [0, 0.1) is 0 Å². The molecule has 0 fully saturated rings. The van der Waals surface area contributed by atoms with Crippen LogP contribution in [0.25, 0.3) is 0 Å². The number of carbonyl (C=O) groups is 1. The Morgan fingerprint density at radius 1 is 1.45 bits per heavy atom. The third kappa shape index (κ3) is 3.80. The first kappa shape index (κ1) is 15.5. The molecule has 118 valence electrons. The predicted molar refractivity (Wildman–Crippen MR) is 66.7 cm³/mol. The molecule has 0 aromatic carbocycles. The summed E-state index contributed by atoms with van der Waals surface area (Å²) in [6.07, 6.45) is -4.12. The van der Waals surface area contributed by atoms with E-state index in [-0.39, 0.29) is 12.4 Å². The number of rotatable bonds is 3. The van der Waals surface area contributed by atoms with E-state index in [1.54, 1.807) is 0 Å². The molecule has 0 unspecified atom stereocenters. The van der Waals surface area contributed by atoms with Gasteiger partial charge in [0.05, 0.1) is 19.2 Å². The number of carbonyl (C=O) groups excluding carboxylic acids is 1. The van der Waals surface area contributed by atoms with Gasteiger partial charge in [-0.1, -0.05) is 0 Å². The van der Waals surface area contributed by atoms with Crippen molar-refractivity contribution in [2.75, 3.05) is 5.32 Å². The van der Waals surface area contributed by atoms with Crippen molar-refractivity contribution in [3.05, 3.63) is 34.0 Å². The van der Waals surface area contributed by atoms with Crippen LogP contribution in [-0.4, -0.2) is 31.2 Å². The number of H-pyrrole nitrogens is 1. The molecule has 0 radical (unpaired) electrons. The summed E-state index contributed by atoms with van der Waals surface area (Å²) in [6.45, 7) is -0.101. The number of halogens is 3. The van der Waals surface area contributed by atoms with Gasteiger partial charge in [0.15, 0.2) is 5.82 Å². The molecule has 3 N–H and O–H groups in total. The summed E-state index contributed by atoms with van der Waals surface area (Å²) in [6, 6.07) is -0.337. The zero-order valence-electron chi connectivity index (χ0n) is 11.1. The fourth-order valence-electron chi connectivity index (χ4n) is 1.46. The van der Waals surface area contributed by atoms with Crippen molar-refractivity contribution in [1.29, 1.82) is 0 Å². The van der Waals surface area contributed by atoms with E-state index in [0.717, 1.165) is 0 Å². The highest BCUT2D eigenvalue weighted by Crippen LogP contribution is 2.28. The van der Waals surface area contributed by atoms with Gasteiger partial charge in [-0.05, 0) is 11.3 Å². The number of amides is 2. The third-order valence-electron chi connectivity index (χ3n) is 2.44. The monoisotopic (exact) mass is 317 g/mol. The lowest BCUT2D eigenvalue weighted by molar-refractivity contribution is -0.137. The average Bonchev–Trinajstić information content (AvgIpc) is 2.83. The number of aromatic nitrogens is 5. The minimum absolute atomic E-state index is 0.101. The van der Waals surface area contributed by atoms with E-state index in [1.807, 2.05) is 10.3 Å². The van der Waals surface area contributed by atoms with E-state index in [4.69, 9.17) is 0 Å². The number of urea groups is 1. The van der Waals surface area contributed by atoms with Crippen LogP contribution in [-0.2, 0) is 19.8 Å². The number of aryl methyl sites for hydroxylation is 1. The second-order valence-corrected chi connectivity index (χ2v) is 4.13. The maximum atomic E-state index is 12.5. The summed E-state index contributed by atoms with van der Waals surface area (Å²) < 4.78 is 37.6. The standard InChI is InChI=1S/C10H10F3N7O2/c1-20-18-7(17-19-20)4-15-9(22)16-6-2-5(10(11,12)13)3-14-8(6)21/h2-3H,4H2,1H3,(H,14,21)(H2,15,16,22). The molecular formula is C10H10F3N7O2. The molecule has 0 spiro atoms. The highest BCUT2D eigenvalue weighted by atomic mass is 19.4. The highest BCUT2D eigenvalue weighted by molar-refractivity contribution is 5.88. The first-order chi connectivity index (χ1) is 10.3. The van der Waals surface area contributed by atoms with Gasteiger partial charge in [0.1, 0.15) is 5.69 Å². The van der Waals surface area contributed by atoms with Crippen LogP contribution in [0.1, 0.15) is 11.4 Å². The zero-order valence-corrected chi connectivity index (χ0v) is 11.1. The summed E-state index contributed by atoms with van der Waals surface area (Å²) in [5.41, 5.74) is -2.47. The van der Waals surface area contributed by atoms with Gasteiger partial charge < -0.3 is 15.6 Å². The molecule has 0 atom stereocenters. The molecule has 22 heavy (non-hydrogen) atoms. The van der Waals surface area contributed by atoms with Gasteiger partial charge in [0.25, 0.3) is 5.56 Å². The SMILES string of the molecule is Cn1nnc(CNC(=O)Nc2cc(C(F)(F)F)c[nH]c2=O)n1. The summed E-state index contributed by atoms with van der Waals surface area (Å²) in [5, 5.41) is 15.2. The number of tetrazole rings is 1. The lowest BCUT2D eigenvalue weighted by Crippen LogP contribution is -2.31. The van der Waals surface area contributed by atoms with E-state index in [0.29, 0.717) is 12.3 Å². The molecular weight excluding hydrogens is 307 g/mol. The second-order valence-electron chi connectivity index (χ2n) is 4.13. The average molecular weight is 317 g/mol. The normalized spacial score (nSPS) is 11.3. The number of alkyl halides is 3. The van der Waals surface area contributed by atoms with Crippen LogP contribution in [0.3, 0.4) is 0 Å². The number of hydrogen-bond acceptors (Lipinski definition) is 5. The van der Waals surface area contributed by atoms with E-state index in [2.05, 4.69) is 20.7 Å². The van der Waals surface area contributed by atoms with E-state index < -0.39 is 29.0 Å². The fraction of sp³-hybridized carbons (Fsp3) is 0.300. The smallest absolute Gasteiger partial charge is 0.330 e. The van der Waals surface area contributed by atoms with Crippen molar-refractivity contribution in [3.63, 3.8) is 0 Å². The maximum absolute atomic E-state index is 12.5. The second kappa shape index (κ2) is 5.83. The van der Waals surface area contributed by atoms with Crippen molar-refractivity contribution >= 4 is 11.7 Å². The first-order valence-corrected chi connectivity index (χ1v) is 5.83. The van der Waals surface area contributed by atoms with Crippen LogP contribution in [0.5, 0.6) is 0 Å². The van der Waals surface area contributed by atoms with Gasteiger partial charge in [0.2, 0.25) is 0 Å². The topological polar surface area (TPSA) is 118 Å². The van der Waals surface area contributed by atoms with Crippen LogP contribution < -0.4 is 16.2 Å². The Balaban J connectivity index is 2.03. The molecule has 0 saturated carbocycles. The number of pyridine rings is 1. The largest absolute Gasteiger partial charge is 0.417 e. The van der Waals surface area contributed by atoms with Crippen LogP contribution in [0.4, 0.5) is 23.7 Å². The highest BCUT2D eigenvalue weighted by Gasteiger charge is 2.31. The maximum Gasteiger partial charge on any atom is 0.417 e.